The zero-order valence-corrected chi connectivity index (χ0v) is 9.04. The topological polar surface area (TPSA) is 68.2 Å². The summed E-state index contributed by atoms with van der Waals surface area (Å²) in [4.78, 5) is 8.49. The monoisotopic (exact) mass is 225 g/mol. The molecule has 0 bridgehead atoms. The molecule has 2 aromatic heterocycles. The molecule has 0 aliphatic rings. The Balaban J connectivity index is 2.08. The molecule has 17 heavy (non-hydrogen) atoms. The maximum Gasteiger partial charge on any atom is 0.180 e. The molecule has 0 radical (unpaired) electrons. The highest BCUT2D eigenvalue weighted by Gasteiger charge is 2.05. The molecular formula is C12H11N5. The van der Waals surface area contributed by atoms with E-state index in [-0.39, 0.29) is 0 Å². The lowest BCUT2D eigenvalue weighted by Gasteiger charge is -2.07. The van der Waals surface area contributed by atoms with Gasteiger partial charge in [-0.25, -0.2) is 9.97 Å². The lowest BCUT2D eigenvalue weighted by atomic mass is 10.3. The van der Waals surface area contributed by atoms with Gasteiger partial charge in [-0.15, -0.1) is 0 Å². The van der Waals surface area contributed by atoms with E-state index < -0.39 is 0 Å². The van der Waals surface area contributed by atoms with Gasteiger partial charge in [0.25, 0.3) is 0 Å². The number of benzene rings is 1. The fourth-order valence-electron chi connectivity index (χ4n) is 1.69. The van der Waals surface area contributed by atoms with Gasteiger partial charge in [0.05, 0.1) is 6.20 Å². The van der Waals surface area contributed by atoms with E-state index in [2.05, 4.69) is 15.3 Å². The summed E-state index contributed by atoms with van der Waals surface area (Å²) in [5.41, 5.74) is 7.44. The number of anilines is 3. The van der Waals surface area contributed by atoms with Crippen molar-refractivity contribution in [2.24, 2.45) is 0 Å². The Hall–Kier alpha value is -2.56. The van der Waals surface area contributed by atoms with Crippen molar-refractivity contribution in [1.82, 2.24) is 14.4 Å². The van der Waals surface area contributed by atoms with Crippen LogP contribution in [0.2, 0.25) is 0 Å². The van der Waals surface area contributed by atoms with Crippen molar-refractivity contribution in [2.45, 2.75) is 0 Å². The molecule has 0 saturated heterocycles. The van der Waals surface area contributed by atoms with Gasteiger partial charge in [0.15, 0.2) is 11.5 Å². The molecule has 3 rings (SSSR count). The van der Waals surface area contributed by atoms with E-state index in [0.29, 0.717) is 11.6 Å². The average Bonchev–Trinajstić information content (AvgIpc) is 2.78. The Morgan fingerprint density at radius 3 is 2.82 bits per heavy atom. The van der Waals surface area contributed by atoms with Crippen LogP contribution in [0.5, 0.6) is 0 Å². The van der Waals surface area contributed by atoms with Crippen LogP contribution in [0, 0.1) is 0 Å². The Kier molecular flexibility index (Phi) is 2.15. The number of nitrogens with two attached hydrogens (primary N) is 1. The normalized spacial score (nSPS) is 10.6. The minimum absolute atomic E-state index is 0.453. The van der Waals surface area contributed by atoms with Crippen LogP contribution in [-0.4, -0.2) is 14.4 Å². The predicted molar refractivity (Wildman–Crippen MR) is 67.1 cm³/mol. The molecule has 0 fully saturated rings. The summed E-state index contributed by atoms with van der Waals surface area (Å²) in [7, 11) is 0. The molecule has 3 N–H and O–H groups in total. The number of rotatable bonds is 2. The molecular weight excluding hydrogens is 214 g/mol. The maximum atomic E-state index is 5.74. The SMILES string of the molecule is Nc1cn2ccnc2c(Nc2ccccc2)n1. The fourth-order valence-corrected chi connectivity index (χ4v) is 1.69. The molecule has 2 heterocycles. The number of nitrogen functional groups attached to an aromatic ring is 1. The lowest BCUT2D eigenvalue weighted by Crippen LogP contribution is -2.01. The number of nitrogens with zero attached hydrogens (tertiary/aromatic N) is 3. The van der Waals surface area contributed by atoms with Crippen LogP contribution >= 0.6 is 0 Å². The number of hydrogen-bond donors (Lipinski definition) is 2. The van der Waals surface area contributed by atoms with Gasteiger partial charge in [-0.1, -0.05) is 18.2 Å². The molecule has 0 saturated carbocycles. The van der Waals surface area contributed by atoms with Gasteiger partial charge < -0.3 is 15.5 Å². The van der Waals surface area contributed by atoms with E-state index in [9.17, 15) is 0 Å². The zero-order chi connectivity index (χ0) is 11.7. The van der Waals surface area contributed by atoms with Crippen molar-refractivity contribution in [3.05, 3.63) is 48.9 Å². The summed E-state index contributed by atoms with van der Waals surface area (Å²) in [6.07, 6.45) is 5.29. The molecule has 0 aliphatic carbocycles. The van der Waals surface area contributed by atoms with Gasteiger partial charge >= 0.3 is 0 Å². The summed E-state index contributed by atoms with van der Waals surface area (Å²) in [6.45, 7) is 0. The van der Waals surface area contributed by atoms with Crippen molar-refractivity contribution < 1.29 is 0 Å². The predicted octanol–water partition coefficient (Wildman–Crippen LogP) is 2.06. The number of para-hydroxylation sites is 1. The Labute approximate surface area is 97.9 Å². The number of fused-ring (bicyclic) bond motifs is 1. The van der Waals surface area contributed by atoms with Crippen LogP contribution in [0.3, 0.4) is 0 Å². The standard InChI is InChI=1S/C12H11N5/c13-10-8-17-7-6-14-12(17)11(16-10)15-9-4-2-1-3-5-9/h1-8H,13H2,(H,15,16). The van der Waals surface area contributed by atoms with Gasteiger partial charge in [-0.3, -0.25) is 0 Å². The highest BCUT2D eigenvalue weighted by molar-refractivity contribution is 5.71. The summed E-state index contributed by atoms with van der Waals surface area (Å²) < 4.78 is 1.84. The van der Waals surface area contributed by atoms with Crippen molar-refractivity contribution >= 4 is 23.0 Å². The van der Waals surface area contributed by atoms with Crippen LogP contribution in [-0.2, 0) is 0 Å². The second-order valence-electron chi connectivity index (χ2n) is 3.66. The molecule has 0 atom stereocenters. The minimum atomic E-state index is 0.453. The Morgan fingerprint density at radius 1 is 1.18 bits per heavy atom. The molecule has 84 valence electrons. The number of aromatic nitrogens is 3. The smallest absolute Gasteiger partial charge is 0.180 e. The molecule has 0 amide bonds. The average molecular weight is 225 g/mol. The molecule has 0 spiro atoms. The second-order valence-corrected chi connectivity index (χ2v) is 3.66. The minimum Gasteiger partial charge on any atom is -0.382 e. The van der Waals surface area contributed by atoms with Crippen LogP contribution in [0.4, 0.5) is 17.3 Å². The van der Waals surface area contributed by atoms with E-state index in [1.54, 1.807) is 12.4 Å². The largest absolute Gasteiger partial charge is 0.382 e. The molecule has 5 nitrogen and oxygen atoms in total. The first kappa shape index (κ1) is 9.65. The van der Waals surface area contributed by atoms with E-state index in [0.717, 1.165) is 11.3 Å². The number of nitrogens with one attached hydrogen (secondary N) is 1. The summed E-state index contributed by atoms with van der Waals surface area (Å²) in [5.74, 6) is 1.11. The maximum absolute atomic E-state index is 5.74. The van der Waals surface area contributed by atoms with Crippen molar-refractivity contribution in [3.8, 4) is 0 Å². The molecule has 1 aromatic carbocycles. The quantitative estimate of drug-likeness (QED) is 0.700. The summed E-state index contributed by atoms with van der Waals surface area (Å²) in [5, 5.41) is 3.20. The van der Waals surface area contributed by atoms with E-state index >= 15 is 0 Å². The second kappa shape index (κ2) is 3.79. The first-order valence-corrected chi connectivity index (χ1v) is 5.24. The van der Waals surface area contributed by atoms with E-state index in [1.807, 2.05) is 40.9 Å². The highest BCUT2D eigenvalue weighted by atomic mass is 15.1. The Morgan fingerprint density at radius 2 is 2.00 bits per heavy atom. The first-order valence-electron chi connectivity index (χ1n) is 5.24. The van der Waals surface area contributed by atoms with E-state index in [1.165, 1.54) is 0 Å². The van der Waals surface area contributed by atoms with Gasteiger partial charge in [0, 0.05) is 18.1 Å². The van der Waals surface area contributed by atoms with Crippen molar-refractivity contribution in [1.29, 1.82) is 0 Å². The van der Waals surface area contributed by atoms with Crippen LogP contribution in [0.25, 0.3) is 5.65 Å². The van der Waals surface area contributed by atoms with Gasteiger partial charge in [0.1, 0.15) is 5.82 Å². The molecule has 0 unspecified atom stereocenters. The van der Waals surface area contributed by atoms with Gasteiger partial charge in [-0.05, 0) is 12.1 Å². The van der Waals surface area contributed by atoms with Crippen LogP contribution in [0.1, 0.15) is 0 Å². The van der Waals surface area contributed by atoms with Gasteiger partial charge in [-0.2, -0.15) is 0 Å². The molecule has 0 aliphatic heterocycles. The molecule has 3 aromatic rings. The third kappa shape index (κ3) is 1.78. The third-order valence-electron chi connectivity index (χ3n) is 2.43. The summed E-state index contributed by atoms with van der Waals surface area (Å²) in [6, 6.07) is 9.80. The third-order valence-corrected chi connectivity index (χ3v) is 2.43. The highest BCUT2D eigenvalue weighted by Crippen LogP contribution is 2.19. The number of imidazole rings is 1. The van der Waals surface area contributed by atoms with Crippen LogP contribution < -0.4 is 11.1 Å². The fraction of sp³-hybridized carbons (Fsp3) is 0. The van der Waals surface area contributed by atoms with Crippen molar-refractivity contribution in [3.63, 3.8) is 0 Å². The van der Waals surface area contributed by atoms with Crippen molar-refractivity contribution in [2.75, 3.05) is 11.1 Å². The lowest BCUT2D eigenvalue weighted by molar-refractivity contribution is 1.14. The van der Waals surface area contributed by atoms with E-state index in [4.69, 9.17) is 5.73 Å². The zero-order valence-electron chi connectivity index (χ0n) is 9.04. The Bertz CT molecular complexity index is 644. The van der Waals surface area contributed by atoms with Gasteiger partial charge in [0.2, 0.25) is 0 Å². The molecule has 5 heteroatoms. The van der Waals surface area contributed by atoms with Crippen LogP contribution in [0.15, 0.2) is 48.9 Å². The first-order chi connectivity index (χ1) is 8.33. The number of hydrogen-bond acceptors (Lipinski definition) is 4. The summed E-state index contributed by atoms with van der Waals surface area (Å²) >= 11 is 0.